The molecule has 6 heterocycles. The highest BCUT2D eigenvalue weighted by Gasteiger charge is 2.49. The number of rotatable bonds is 7. The van der Waals surface area contributed by atoms with Gasteiger partial charge in [-0.05, 0) is 43.7 Å². The summed E-state index contributed by atoms with van der Waals surface area (Å²) in [7, 11) is 0. The van der Waals surface area contributed by atoms with Gasteiger partial charge in [-0.3, -0.25) is 9.69 Å². The Bertz CT molecular complexity index is 2010. The number of pyridine rings is 1. The van der Waals surface area contributed by atoms with Gasteiger partial charge in [-0.2, -0.15) is 28.4 Å². The third-order valence-electron chi connectivity index (χ3n) is 9.26. The number of nitrogens with zero attached hydrogens (tertiary/aromatic N) is 6. The summed E-state index contributed by atoms with van der Waals surface area (Å²) in [6.07, 6.45) is -3.24. The van der Waals surface area contributed by atoms with Gasteiger partial charge in [0.1, 0.15) is 35.8 Å². The maximum atomic E-state index is 14.8. The fourth-order valence-electron chi connectivity index (χ4n) is 7.04. The number of amides is 1. The maximum Gasteiger partial charge on any atom is 0.418 e. The summed E-state index contributed by atoms with van der Waals surface area (Å²) in [6, 6.07) is 4.55. The zero-order chi connectivity index (χ0) is 34.0. The van der Waals surface area contributed by atoms with E-state index >= 15 is 0 Å². The van der Waals surface area contributed by atoms with Gasteiger partial charge in [-0.1, -0.05) is 6.58 Å². The molecule has 3 aromatic heterocycles. The number of benzene rings is 1. The molecule has 3 aliphatic rings. The Labute approximate surface area is 274 Å². The first-order valence-electron chi connectivity index (χ1n) is 15.2. The molecule has 48 heavy (non-hydrogen) atoms. The Hall–Kier alpha value is -4.62. The van der Waals surface area contributed by atoms with Gasteiger partial charge in [0.15, 0.2) is 5.65 Å². The number of likely N-dealkylation sites (tertiary alicyclic amines) is 1. The van der Waals surface area contributed by atoms with E-state index in [1.165, 1.54) is 4.90 Å². The molecule has 3 aliphatic heterocycles. The number of hydrogen-bond donors (Lipinski definition) is 1. The van der Waals surface area contributed by atoms with Gasteiger partial charge < -0.3 is 20.1 Å². The first-order valence-corrected chi connectivity index (χ1v) is 16.0. The lowest BCUT2D eigenvalue weighted by Crippen LogP contribution is -2.43. The third kappa shape index (κ3) is 5.44. The van der Waals surface area contributed by atoms with Crippen LogP contribution < -0.4 is 15.2 Å². The van der Waals surface area contributed by atoms with E-state index in [0.717, 1.165) is 42.0 Å². The molecule has 2 N–H and O–H groups in total. The summed E-state index contributed by atoms with van der Waals surface area (Å²) in [6.45, 7) is 5.01. The van der Waals surface area contributed by atoms with Crippen molar-refractivity contribution in [2.24, 2.45) is 0 Å². The van der Waals surface area contributed by atoms with E-state index in [1.807, 2.05) is 11.0 Å². The molecule has 0 aliphatic carbocycles. The number of halogens is 5. The SMILES string of the molecule is C=CC(=O)N1CC[C@@H](Oc2nc(OC[C@@]34CCCN3C[C@H](F)C4)nc3nc(-c4ccc(F)c5sc(N)c(C#N)c45)c(C(F)(F)F)cc23)C1. The summed E-state index contributed by atoms with van der Waals surface area (Å²) in [5, 5.41) is 9.45. The zero-order valence-electron chi connectivity index (χ0n) is 25.3. The minimum absolute atomic E-state index is 0.0369. The Morgan fingerprint density at radius 2 is 2.06 bits per heavy atom. The van der Waals surface area contributed by atoms with Crippen molar-refractivity contribution in [3.05, 3.63) is 47.8 Å². The molecule has 0 radical (unpaired) electrons. The van der Waals surface area contributed by atoms with Gasteiger partial charge in [0, 0.05) is 36.9 Å². The van der Waals surface area contributed by atoms with Crippen LogP contribution in [-0.4, -0.2) is 81.3 Å². The number of fused-ring (bicyclic) bond motifs is 3. The van der Waals surface area contributed by atoms with E-state index in [0.29, 0.717) is 25.9 Å². The van der Waals surface area contributed by atoms with E-state index in [9.17, 15) is 32.0 Å². The molecular weight excluding hydrogens is 657 g/mol. The van der Waals surface area contributed by atoms with Crippen molar-refractivity contribution in [2.45, 2.75) is 49.7 Å². The fraction of sp³-hybridized carbons (Fsp3) is 0.406. The highest BCUT2D eigenvalue weighted by Crippen LogP contribution is 2.46. The van der Waals surface area contributed by atoms with Crippen LogP contribution in [0, 0.1) is 17.1 Å². The number of ether oxygens (including phenoxy) is 2. The van der Waals surface area contributed by atoms with Crippen molar-refractivity contribution in [3.8, 4) is 29.2 Å². The van der Waals surface area contributed by atoms with Crippen LogP contribution in [0.1, 0.15) is 36.8 Å². The number of anilines is 1. The summed E-state index contributed by atoms with van der Waals surface area (Å²) in [5.74, 6) is -1.31. The molecule has 3 atom stereocenters. The minimum atomic E-state index is -4.96. The quantitative estimate of drug-likeness (QED) is 0.194. The highest BCUT2D eigenvalue weighted by atomic mass is 32.1. The number of nitriles is 1. The predicted octanol–water partition coefficient (Wildman–Crippen LogP) is 5.64. The van der Waals surface area contributed by atoms with Crippen LogP contribution in [0.2, 0.25) is 0 Å². The molecule has 0 unspecified atom stereocenters. The lowest BCUT2D eigenvalue weighted by molar-refractivity contribution is -0.137. The van der Waals surface area contributed by atoms with Crippen LogP contribution in [0.25, 0.3) is 32.4 Å². The molecular formula is C32H28F5N7O3S. The largest absolute Gasteiger partial charge is 0.472 e. The monoisotopic (exact) mass is 685 g/mol. The van der Waals surface area contributed by atoms with E-state index in [4.69, 9.17) is 15.2 Å². The van der Waals surface area contributed by atoms with Gasteiger partial charge >= 0.3 is 12.2 Å². The molecule has 3 fully saturated rings. The number of carbonyl (C=O) groups excluding carboxylic acids is 1. The number of nitrogens with two attached hydrogens (primary N) is 1. The van der Waals surface area contributed by atoms with Crippen LogP contribution in [0.15, 0.2) is 30.9 Å². The number of aromatic nitrogens is 3. The molecule has 1 amide bonds. The molecule has 0 spiro atoms. The van der Waals surface area contributed by atoms with Gasteiger partial charge in [0.25, 0.3) is 0 Å². The third-order valence-corrected chi connectivity index (χ3v) is 10.3. The summed E-state index contributed by atoms with van der Waals surface area (Å²) in [4.78, 5) is 28.8. The van der Waals surface area contributed by atoms with Crippen molar-refractivity contribution in [1.29, 1.82) is 5.26 Å². The number of thiophene rings is 1. The molecule has 1 aromatic carbocycles. The topological polar surface area (TPSA) is 130 Å². The molecule has 4 aromatic rings. The Morgan fingerprint density at radius 3 is 2.81 bits per heavy atom. The smallest absolute Gasteiger partial charge is 0.418 e. The van der Waals surface area contributed by atoms with Crippen LogP contribution >= 0.6 is 11.3 Å². The highest BCUT2D eigenvalue weighted by molar-refractivity contribution is 7.23. The standard InChI is InChI=1S/C32H28F5N7O3S/c1-2-23(45)43-9-6-17(14-43)47-29-19-10-21(32(35,36)37)25(18-4-5-22(34)26-24(18)20(12-38)27(39)48-26)40-28(19)41-30(42-29)46-15-31-7-3-8-44(31)13-16(33)11-31/h2,4-5,10,16-17H,1,3,6-9,11,13-15,39H2/t16-,17-,31+/m1/s1. The van der Waals surface area contributed by atoms with Crippen molar-refractivity contribution in [2.75, 3.05) is 38.5 Å². The van der Waals surface area contributed by atoms with E-state index in [1.54, 1.807) is 0 Å². The minimum Gasteiger partial charge on any atom is -0.472 e. The van der Waals surface area contributed by atoms with Gasteiger partial charge in [0.05, 0.1) is 39.0 Å². The Morgan fingerprint density at radius 1 is 1.25 bits per heavy atom. The molecule has 3 saturated heterocycles. The van der Waals surface area contributed by atoms with Crippen LogP contribution in [0.3, 0.4) is 0 Å². The first-order chi connectivity index (χ1) is 22.9. The maximum absolute atomic E-state index is 14.8. The Kier molecular flexibility index (Phi) is 7.86. The molecule has 0 saturated carbocycles. The molecule has 250 valence electrons. The number of nitrogen functional groups attached to an aromatic ring is 1. The lowest BCUT2D eigenvalue weighted by atomic mass is 9.95. The summed E-state index contributed by atoms with van der Waals surface area (Å²) >= 11 is 0.749. The van der Waals surface area contributed by atoms with Crippen molar-refractivity contribution < 1.29 is 36.2 Å². The second-order valence-electron chi connectivity index (χ2n) is 12.2. The van der Waals surface area contributed by atoms with Crippen molar-refractivity contribution >= 4 is 43.4 Å². The van der Waals surface area contributed by atoms with Crippen LogP contribution in [0.5, 0.6) is 11.9 Å². The number of alkyl halides is 4. The fourth-order valence-corrected chi connectivity index (χ4v) is 7.99. The molecule has 0 bridgehead atoms. The van der Waals surface area contributed by atoms with Crippen molar-refractivity contribution in [1.82, 2.24) is 24.8 Å². The summed E-state index contributed by atoms with van der Waals surface area (Å²) in [5.41, 5.74) is 3.03. The lowest BCUT2D eigenvalue weighted by Gasteiger charge is -2.30. The second kappa shape index (κ2) is 11.8. The second-order valence-corrected chi connectivity index (χ2v) is 13.3. The van der Waals surface area contributed by atoms with Crippen molar-refractivity contribution in [3.63, 3.8) is 0 Å². The van der Waals surface area contributed by atoms with Gasteiger partial charge in [-0.25, -0.2) is 13.8 Å². The Balaban J connectivity index is 1.37. The molecule has 10 nitrogen and oxygen atoms in total. The summed E-state index contributed by atoms with van der Waals surface area (Å²) < 4.78 is 85.7. The normalized spacial score (nSPS) is 22.7. The van der Waals surface area contributed by atoms with E-state index < -0.39 is 41.1 Å². The van der Waals surface area contributed by atoms with Crippen LogP contribution in [0.4, 0.5) is 27.0 Å². The first kappa shape index (κ1) is 32.0. The molecule has 7 rings (SSSR count). The average molecular weight is 686 g/mol. The number of carbonyl (C=O) groups is 1. The average Bonchev–Trinajstić information content (AvgIpc) is 3.81. The van der Waals surface area contributed by atoms with E-state index in [2.05, 4.69) is 21.5 Å². The van der Waals surface area contributed by atoms with Gasteiger partial charge in [0.2, 0.25) is 11.8 Å². The predicted molar refractivity (Wildman–Crippen MR) is 167 cm³/mol. The zero-order valence-corrected chi connectivity index (χ0v) is 26.1. The van der Waals surface area contributed by atoms with Gasteiger partial charge in [-0.15, -0.1) is 11.3 Å². The molecule has 16 heteroatoms. The van der Waals surface area contributed by atoms with E-state index in [-0.39, 0.29) is 81.2 Å². The van der Waals surface area contributed by atoms with Crippen LogP contribution in [-0.2, 0) is 11.0 Å². The number of hydrogen-bond acceptors (Lipinski definition) is 10.